The summed E-state index contributed by atoms with van der Waals surface area (Å²) >= 11 is 1.53. The third-order valence-corrected chi connectivity index (χ3v) is 3.30. The summed E-state index contributed by atoms with van der Waals surface area (Å²) in [5.41, 5.74) is 2.22. The lowest BCUT2D eigenvalue weighted by Gasteiger charge is -2.11. The molecule has 0 radical (unpaired) electrons. The molecule has 0 fully saturated rings. The Morgan fingerprint density at radius 3 is 2.47 bits per heavy atom. The Kier molecular flexibility index (Phi) is 4.21. The number of aryl methyl sites for hydroxylation is 1. The van der Waals surface area contributed by atoms with E-state index in [2.05, 4.69) is 32.3 Å². The van der Waals surface area contributed by atoms with E-state index in [1.807, 2.05) is 45.6 Å². The van der Waals surface area contributed by atoms with Crippen molar-refractivity contribution in [1.82, 2.24) is 14.9 Å². The van der Waals surface area contributed by atoms with Crippen molar-refractivity contribution in [2.24, 2.45) is 5.10 Å². The van der Waals surface area contributed by atoms with E-state index in [9.17, 15) is 0 Å². The molecule has 0 saturated carbocycles. The SMILES string of the molecule is CSc1nnc(C)n1/N=C\c1ccc(N(C)C)cc1. The van der Waals surface area contributed by atoms with Crippen LogP contribution in [-0.4, -0.2) is 41.4 Å². The van der Waals surface area contributed by atoms with Crippen molar-refractivity contribution in [3.05, 3.63) is 35.7 Å². The zero-order valence-corrected chi connectivity index (χ0v) is 12.3. The monoisotopic (exact) mass is 275 g/mol. The van der Waals surface area contributed by atoms with Gasteiger partial charge >= 0.3 is 0 Å². The van der Waals surface area contributed by atoms with Gasteiger partial charge in [-0.15, -0.1) is 10.2 Å². The van der Waals surface area contributed by atoms with Crippen LogP contribution in [0.25, 0.3) is 0 Å². The number of hydrogen-bond donors (Lipinski definition) is 0. The lowest BCUT2D eigenvalue weighted by Crippen LogP contribution is -2.08. The van der Waals surface area contributed by atoms with Crippen molar-refractivity contribution in [2.75, 3.05) is 25.3 Å². The molecule has 1 heterocycles. The average molecular weight is 275 g/mol. The number of anilines is 1. The van der Waals surface area contributed by atoms with Gasteiger partial charge in [0.1, 0.15) is 0 Å². The fraction of sp³-hybridized carbons (Fsp3) is 0.308. The van der Waals surface area contributed by atoms with Gasteiger partial charge in [-0.2, -0.15) is 9.78 Å². The summed E-state index contributed by atoms with van der Waals surface area (Å²) in [6.45, 7) is 1.89. The maximum Gasteiger partial charge on any atom is 0.211 e. The van der Waals surface area contributed by atoms with E-state index in [0.717, 1.165) is 16.5 Å². The smallest absolute Gasteiger partial charge is 0.211 e. The molecule has 100 valence electrons. The third-order valence-electron chi connectivity index (χ3n) is 2.68. The Morgan fingerprint density at radius 1 is 1.21 bits per heavy atom. The minimum Gasteiger partial charge on any atom is -0.378 e. The van der Waals surface area contributed by atoms with Gasteiger partial charge in [0, 0.05) is 19.8 Å². The van der Waals surface area contributed by atoms with Crippen molar-refractivity contribution in [1.29, 1.82) is 0 Å². The summed E-state index contributed by atoms with van der Waals surface area (Å²) in [5, 5.41) is 13.3. The van der Waals surface area contributed by atoms with Gasteiger partial charge in [0.2, 0.25) is 5.16 Å². The molecule has 0 atom stereocenters. The summed E-state index contributed by atoms with van der Waals surface area (Å²) in [4.78, 5) is 2.07. The van der Waals surface area contributed by atoms with Crippen LogP contribution in [0.15, 0.2) is 34.5 Å². The lowest BCUT2D eigenvalue weighted by atomic mass is 10.2. The Labute approximate surface area is 117 Å². The van der Waals surface area contributed by atoms with Crippen LogP contribution in [0, 0.1) is 6.92 Å². The molecule has 0 aliphatic rings. The predicted octanol–water partition coefficient (Wildman–Crippen LogP) is 2.26. The van der Waals surface area contributed by atoms with Crippen LogP contribution >= 0.6 is 11.8 Å². The molecular weight excluding hydrogens is 258 g/mol. The van der Waals surface area contributed by atoms with Crippen LogP contribution in [0.2, 0.25) is 0 Å². The normalized spacial score (nSPS) is 11.2. The largest absolute Gasteiger partial charge is 0.378 e. The number of benzene rings is 1. The number of thioether (sulfide) groups is 1. The molecule has 2 rings (SSSR count). The van der Waals surface area contributed by atoms with Crippen molar-refractivity contribution in [3.8, 4) is 0 Å². The molecule has 0 saturated heterocycles. The van der Waals surface area contributed by atoms with Crippen molar-refractivity contribution >= 4 is 23.7 Å². The number of aromatic nitrogens is 3. The fourth-order valence-electron chi connectivity index (χ4n) is 1.58. The second-order valence-electron chi connectivity index (χ2n) is 4.28. The van der Waals surface area contributed by atoms with Gasteiger partial charge in [-0.3, -0.25) is 0 Å². The zero-order chi connectivity index (χ0) is 13.8. The molecule has 0 aliphatic carbocycles. The molecule has 0 aliphatic heterocycles. The second-order valence-corrected chi connectivity index (χ2v) is 5.05. The van der Waals surface area contributed by atoms with Crippen LogP contribution in [-0.2, 0) is 0 Å². The van der Waals surface area contributed by atoms with Gasteiger partial charge in [0.15, 0.2) is 5.82 Å². The van der Waals surface area contributed by atoms with Crippen molar-refractivity contribution in [2.45, 2.75) is 12.1 Å². The first-order valence-electron chi connectivity index (χ1n) is 5.89. The lowest BCUT2D eigenvalue weighted by molar-refractivity contribution is 0.745. The van der Waals surface area contributed by atoms with Gasteiger partial charge in [-0.05, 0) is 30.9 Å². The molecule has 19 heavy (non-hydrogen) atoms. The van der Waals surface area contributed by atoms with Crippen LogP contribution in [0.5, 0.6) is 0 Å². The molecule has 0 N–H and O–H groups in total. The van der Waals surface area contributed by atoms with E-state index in [-0.39, 0.29) is 0 Å². The minimum atomic E-state index is 0.783. The highest BCUT2D eigenvalue weighted by Crippen LogP contribution is 2.14. The Bertz CT molecular complexity index is 571. The van der Waals surface area contributed by atoms with Crippen LogP contribution in [0.1, 0.15) is 11.4 Å². The van der Waals surface area contributed by atoms with E-state index in [1.165, 1.54) is 17.4 Å². The first-order valence-corrected chi connectivity index (χ1v) is 7.12. The highest BCUT2D eigenvalue weighted by atomic mass is 32.2. The summed E-state index contributed by atoms with van der Waals surface area (Å²) in [7, 11) is 4.04. The first kappa shape index (κ1) is 13.6. The standard InChI is InChI=1S/C13H17N5S/c1-10-15-16-13(19-4)18(10)14-9-11-5-7-12(8-6-11)17(2)3/h5-9H,1-4H3/b14-9-. The predicted molar refractivity (Wildman–Crippen MR) is 80.3 cm³/mol. The summed E-state index contributed by atoms with van der Waals surface area (Å²) < 4.78 is 1.74. The molecule has 0 bridgehead atoms. The topological polar surface area (TPSA) is 46.3 Å². The molecule has 6 heteroatoms. The summed E-state index contributed by atoms with van der Waals surface area (Å²) in [6, 6.07) is 8.21. The van der Waals surface area contributed by atoms with E-state index < -0.39 is 0 Å². The van der Waals surface area contributed by atoms with Gasteiger partial charge in [-0.1, -0.05) is 23.9 Å². The highest BCUT2D eigenvalue weighted by Gasteiger charge is 2.05. The number of hydrogen-bond acceptors (Lipinski definition) is 5. The van der Waals surface area contributed by atoms with E-state index in [1.54, 1.807) is 4.68 Å². The molecule has 0 amide bonds. The second kappa shape index (κ2) is 5.88. The van der Waals surface area contributed by atoms with Crippen molar-refractivity contribution in [3.63, 3.8) is 0 Å². The molecular formula is C13H17N5S. The Hall–Kier alpha value is -1.82. The average Bonchev–Trinajstić information content (AvgIpc) is 2.77. The van der Waals surface area contributed by atoms with Gasteiger partial charge < -0.3 is 4.90 Å². The molecule has 0 unspecified atom stereocenters. The fourth-order valence-corrected chi connectivity index (χ4v) is 2.06. The minimum absolute atomic E-state index is 0.783. The molecule has 2 aromatic rings. The highest BCUT2D eigenvalue weighted by molar-refractivity contribution is 7.98. The Morgan fingerprint density at radius 2 is 1.89 bits per heavy atom. The molecule has 1 aromatic heterocycles. The van der Waals surface area contributed by atoms with E-state index in [0.29, 0.717) is 0 Å². The van der Waals surface area contributed by atoms with Gasteiger partial charge in [-0.25, -0.2) is 0 Å². The number of nitrogens with zero attached hydrogens (tertiary/aromatic N) is 5. The zero-order valence-electron chi connectivity index (χ0n) is 11.5. The third kappa shape index (κ3) is 3.14. The van der Waals surface area contributed by atoms with Gasteiger partial charge in [0.25, 0.3) is 0 Å². The Balaban J connectivity index is 2.20. The molecule has 1 aromatic carbocycles. The van der Waals surface area contributed by atoms with E-state index >= 15 is 0 Å². The van der Waals surface area contributed by atoms with Crippen LogP contribution < -0.4 is 4.90 Å². The maximum absolute atomic E-state index is 4.41. The number of rotatable bonds is 4. The quantitative estimate of drug-likeness (QED) is 0.634. The van der Waals surface area contributed by atoms with E-state index in [4.69, 9.17) is 0 Å². The van der Waals surface area contributed by atoms with Gasteiger partial charge in [0.05, 0.1) is 6.21 Å². The summed E-state index contributed by atoms with van der Waals surface area (Å²) in [5.74, 6) is 0.783. The molecule has 0 spiro atoms. The maximum atomic E-state index is 4.41. The van der Waals surface area contributed by atoms with Crippen LogP contribution in [0.4, 0.5) is 5.69 Å². The molecule has 5 nitrogen and oxygen atoms in total. The van der Waals surface area contributed by atoms with Crippen molar-refractivity contribution < 1.29 is 0 Å². The summed E-state index contributed by atoms with van der Waals surface area (Å²) in [6.07, 6.45) is 3.77. The van der Waals surface area contributed by atoms with Crippen LogP contribution in [0.3, 0.4) is 0 Å². The first-order chi connectivity index (χ1) is 9.11.